The van der Waals surface area contributed by atoms with Crippen LogP contribution in [0, 0.1) is 5.92 Å². The van der Waals surface area contributed by atoms with Crippen LogP contribution < -0.4 is 5.32 Å². The minimum Gasteiger partial charge on any atom is -0.343 e. The zero-order chi connectivity index (χ0) is 14.3. The van der Waals surface area contributed by atoms with Crippen LogP contribution in [-0.2, 0) is 14.4 Å². The minimum absolute atomic E-state index is 0.00301. The highest BCUT2D eigenvalue weighted by atomic mass is 16.2. The van der Waals surface area contributed by atoms with Crippen LogP contribution in [0.4, 0.5) is 0 Å². The highest BCUT2D eigenvalue weighted by Gasteiger charge is 2.33. The van der Waals surface area contributed by atoms with Crippen LogP contribution in [0.5, 0.6) is 0 Å². The highest BCUT2D eigenvalue weighted by molar-refractivity contribution is 6.04. The topological polar surface area (TPSA) is 66.5 Å². The van der Waals surface area contributed by atoms with Gasteiger partial charge in [-0.3, -0.25) is 19.7 Å². The van der Waals surface area contributed by atoms with E-state index in [1.807, 2.05) is 4.90 Å². The molecule has 1 aliphatic rings. The van der Waals surface area contributed by atoms with Gasteiger partial charge in [0, 0.05) is 25.9 Å². The first-order valence-corrected chi connectivity index (χ1v) is 7.19. The van der Waals surface area contributed by atoms with E-state index in [9.17, 15) is 14.4 Å². The third-order valence-electron chi connectivity index (χ3n) is 3.40. The van der Waals surface area contributed by atoms with Gasteiger partial charge in [0.25, 0.3) is 0 Å². The van der Waals surface area contributed by atoms with Crippen molar-refractivity contribution in [3.63, 3.8) is 0 Å². The Morgan fingerprint density at radius 2 is 1.79 bits per heavy atom. The number of unbranched alkanes of at least 4 members (excludes halogenated alkanes) is 2. The first-order valence-electron chi connectivity index (χ1n) is 7.19. The molecule has 108 valence electrons. The summed E-state index contributed by atoms with van der Waals surface area (Å²) in [4.78, 5) is 36.6. The summed E-state index contributed by atoms with van der Waals surface area (Å²) in [7, 11) is 0. The Morgan fingerprint density at radius 3 is 2.21 bits per heavy atom. The first-order chi connectivity index (χ1) is 9.08. The number of hydrogen-bond donors (Lipinski definition) is 1. The summed E-state index contributed by atoms with van der Waals surface area (Å²) in [5.41, 5.74) is 0. The van der Waals surface area contributed by atoms with Gasteiger partial charge in [0.2, 0.25) is 17.7 Å². The van der Waals surface area contributed by atoms with E-state index in [1.54, 1.807) is 0 Å². The molecule has 0 spiro atoms. The van der Waals surface area contributed by atoms with Gasteiger partial charge in [-0.1, -0.05) is 26.7 Å². The lowest BCUT2D eigenvalue weighted by molar-refractivity contribution is -0.135. The van der Waals surface area contributed by atoms with Gasteiger partial charge in [-0.25, -0.2) is 0 Å². The fourth-order valence-corrected chi connectivity index (χ4v) is 2.17. The van der Waals surface area contributed by atoms with Crippen LogP contribution in [0.25, 0.3) is 0 Å². The molecular weight excluding hydrogens is 244 g/mol. The lowest BCUT2D eigenvalue weighted by atomic mass is 10.0. The van der Waals surface area contributed by atoms with E-state index in [2.05, 4.69) is 19.2 Å². The molecule has 3 amide bonds. The molecular formula is C14H24N2O3. The molecule has 1 N–H and O–H groups in total. The smallest absolute Gasteiger partial charge is 0.230 e. The van der Waals surface area contributed by atoms with E-state index < -0.39 is 5.92 Å². The summed E-state index contributed by atoms with van der Waals surface area (Å²) < 4.78 is 0. The van der Waals surface area contributed by atoms with Crippen LogP contribution in [-0.4, -0.2) is 35.7 Å². The normalized spacial score (nSPS) is 18.5. The molecule has 1 rings (SSSR count). The molecule has 5 nitrogen and oxygen atoms in total. The molecule has 1 unspecified atom stereocenters. The Bertz CT molecular complexity index is 334. The van der Waals surface area contributed by atoms with Gasteiger partial charge in [-0.05, 0) is 12.8 Å². The molecule has 0 bridgehead atoms. The number of nitrogens with zero attached hydrogens (tertiary/aromatic N) is 1. The van der Waals surface area contributed by atoms with Crippen LogP contribution in [0.15, 0.2) is 0 Å². The third kappa shape index (κ3) is 5.01. The summed E-state index contributed by atoms with van der Waals surface area (Å²) in [6.07, 6.45) is 4.35. The van der Waals surface area contributed by atoms with Gasteiger partial charge in [0.1, 0.15) is 0 Å². The molecule has 1 heterocycles. The summed E-state index contributed by atoms with van der Waals surface area (Å²) in [6, 6.07) is 0. The first kappa shape index (κ1) is 15.7. The van der Waals surface area contributed by atoms with Crippen molar-refractivity contribution in [2.24, 2.45) is 5.92 Å². The summed E-state index contributed by atoms with van der Waals surface area (Å²) >= 11 is 0. The zero-order valence-corrected chi connectivity index (χ0v) is 11.9. The average Bonchev–Trinajstić information content (AvgIpc) is 2.68. The Hall–Kier alpha value is -1.39. The van der Waals surface area contributed by atoms with Gasteiger partial charge in [-0.15, -0.1) is 0 Å². The molecule has 0 aromatic rings. The molecule has 0 radical (unpaired) electrons. The van der Waals surface area contributed by atoms with Gasteiger partial charge in [-0.2, -0.15) is 0 Å². The molecule has 19 heavy (non-hydrogen) atoms. The Kier molecular flexibility index (Phi) is 6.53. The number of rotatable bonds is 8. The van der Waals surface area contributed by atoms with Crippen molar-refractivity contribution >= 4 is 17.7 Å². The second kappa shape index (κ2) is 7.92. The van der Waals surface area contributed by atoms with Crippen molar-refractivity contribution in [2.75, 3.05) is 13.1 Å². The number of amides is 3. The zero-order valence-electron chi connectivity index (χ0n) is 11.9. The number of carbonyl (C=O) groups excluding carboxylic acids is 3. The Balaban J connectivity index is 2.50. The fraction of sp³-hybridized carbons (Fsp3) is 0.786. The summed E-state index contributed by atoms with van der Waals surface area (Å²) in [6.45, 7) is 5.67. The number of carbonyl (C=O) groups is 3. The van der Waals surface area contributed by atoms with Gasteiger partial charge in [0.05, 0.1) is 5.92 Å². The van der Waals surface area contributed by atoms with Crippen molar-refractivity contribution in [3.8, 4) is 0 Å². The fourth-order valence-electron chi connectivity index (χ4n) is 2.17. The lowest BCUT2D eigenvalue weighted by Crippen LogP contribution is -2.35. The number of nitrogens with one attached hydrogen (secondary N) is 1. The monoisotopic (exact) mass is 268 g/mol. The average molecular weight is 268 g/mol. The molecule has 1 atom stereocenters. The summed E-state index contributed by atoms with van der Waals surface area (Å²) in [5, 5.41) is 2.25. The molecule has 0 saturated carbocycles. The van der Waals surface area contributed by atoms with E-state index in [0.29, 0.717) is 0 Å². The van der Waals surface area contributed by atoms with E-state index in [0.717, 1.165) is 38.8 Å². The number of imide groups is 1. The SMILES string of the molecule is CCCCN(CCCC)C(=O)CC1CC(=O)NC1=O. The van der Waals surface area contributed by atoms with E-state index in [1.165, 1.54) is 0 Å². The van der Waals surface area contributed by atoms with Crippen LogP contribution in [0.3, 0.4) is 0 Å². The highest BCUT2D eigenvalue weighted by Crippen LogP contribution is 2.17. The molecule has 1 aliphatic heterocycles. The second-order valence-corrected chi connectivity index (χ2v) is 5.11. The Labute approximate surface area is 114 Å². The molecule has 5 heteroatoms. The van der Waals surface area contributed by atoms with Crippen molar-refractivity contribution in [2.45, 2.75) is 52.4 Å². The minimum atomic E-state index is -0.467. The van der Waals surface area contributed by atoms with Crippen LogP contribution in [0.2, 0.25) is 0 Å². The van der Waals surface area contributed by atoms with Crippen molar-refractivity contribution < 1.29 is 14.4 Å². The number of hydrogen-bond acceptors (Lipinski definition) is 3. The maximum absolute atomic E-state index is 12.2. The maximum Gasteiger partial charge on any atom is 0.230 e. The van der Waals surface area contributed by atoms with Crippen molar-refractivity contribution in [3.05, 3.63) is 0 Å². The van der Waals surface area contributed by atoms with E-state index in [-0.39, 0.29) is 30.6 Å². The predicted molar refractivity (Wildman–Crippen MR) is 72.3 cm³/mol. The third-order valence-corrected chi connectivity index (χ3v) is 3.40. The van der Waals surface area contributed by atoms with Crippen molar-refractivity contribution in [1.29, 1.82) is 0 Å². The van der Waals surface area contributed by atoms with Crippen LogP contribution >= 0.6 is 0 Å². The van der Waals surface area contributed by atoms with Gasteiger partial charge in [0.15, 0.2) is 0 Å². The van der Waals surface area contributed by atoms with Gasteiger partial charge < -0.3 is 4.90 Å². The molecule has 1 fully saturated rings. The van der Waals surface area contributed by atoms with E-state index >= 15 is 0 Å². The quantitative estimate of drug-likeness (QED) is 0.678. The predicted octanol–water partition coefficient (Wildman–Crippen LogP) is 1.47. The standard InChI is InChI=1S/C14H24N2O3/c1-3-5-7-16(8-6-4-2)13(18)10-11-9-12(17)15-14(11)19/h11H,3-10H2,1-2H3,(H,15,17,19). The maximum atomic E-state index is 12.2. The second-order valence-electron chi connectivity index (χ2n) is 5.11. The summed E-state index contributed by atoms with van der Waals surface area (Å²) in [5.74, 6) is -1.04. The molecule has 0 aliphatic carbocycles. The van der Waals surface area contributed by atoms with E-state index in [4.69, 9.17) is 0 Å². The Morgan fingerprint density at radius 1 is 1.21 bits per heavy atom. The molecule has 0 aromatic heterocycles. The largest absolute Gasteiger partial charge is 0.343 e. The molecule has 0 aromatic carbocycles. The van der Waals surface area contributed by atoms with Crippen LogP contribution in [0.1, 0.15) is 52.4 Å². The van der Waals surface area contributed by atoms with Crippen molar-refractivity contribution in [1.82, 2.24) is 10.2 Å². The lowest BCUT2D eigenvalue weighted by Gasteiger charge is -2.23. The van der Waals surface area contributed by atoms with Gasteiger partial charge >= 0.3 is 0 Å². The molecule has 1 saturated heterocycles.